The van der Waals surface area contributed by atoms with E-state index in [1.165, 1.54) is 6.42 Å². The molecule has 1 saturated carbocycles. The van der Waals surface area contributed by atoms with Crippen molar-refractivity contribution in [3.63, 3.8) is 0 Å². The lowest BCUT2D eigenvalue weighted by Gasteiger charge is -2.37. The summed E-state index contributed by atoms with van der Waals surface area (Å²) in [4.78, 5) is 12.1. The van der Waals surface area contributed by atoms with Gasteiger partial charge in [0.05, 0.1) is 12.1 Å². The van der Waals surface area contributed by atoms with E-state index in [1.807, 2.05) is 6.92 Å². The van der Waals surface area contributed by atoms with Crippen LogP contribution in [0.2, 0.25) is 0 Å². The monoisotopic (exact) mass is 240 g/mol. The molecule has 0 aromatic heterocycles. The van der Waals surface area contributed by atoms with Gasteiger partial charge in [-0.1, -0.05) is 6.92 Å². The van der Waals surface area contributed by atoms with Gasteiger partial charge >= 0.3 is 0 Å². The number of piperidine rings is 1. The van der Waals surface area contributed by atoms with Crippen molar-refractivity contribution in [1.82, 2.24) is 10.6 Å². The summed E-state index contributed by atoms with van der Waals surface area (Å²) in [5.74, 6) is 0.628. The predicted molar refractivity (Wildman–Crippen MR) is 66.8 cm³/mol. The Morgan fingerprint density at radius 3 is 2.88 bits per heavy atom. The fraction of sp³-hybridized carbons (Fsp3) is 0.923. The number of hydrogen-bond donors (Lipinski definition) is 2. The zero-order valence-electron chi connectivity index (χ0n) is 10.9. The Balaban J connectivity index is 1.71. The molecular formula is C13H24N2O2. The summed E-state index contributed by atoms with van der Waals surface area (Å²) < 4.78 is 5.49. The molecule has 1 saturated heterocycles. The summed E-state index contributed by atoms with van der Waals surface area (Å²) in [6, 6.07) is 0.338. The number of rotatable bonds is 4. The van der Waals surface area contributed by atoms with E-state index in [-0.39, 0.29) is 11.9 Å². The molecule has 4 nitrogen and oxygen atoms in total. The Labute approximate surface area is 103 Å². The molecule has 4 heteroatoms. The molecule has 0 spiro atoms. The molecule has 0 aromatic rings. The van der Waals surface area contributed by atoms with Gasteiger partial charge in [0.2, 0.25) is 5.91 Å². The van der Waals surface area contributed by atoms with Crippen LogP contribution in [0.1, 0.15) is 39.5 Å². The molecule has 0 aromatic carbocycles. The van der Waals surface area contributed by atoms with Crippen LogP contribution in [0.5, 0.6) is 0 Å². The molecule has 2 rings (SSSR count). The van der Waals surface area contributed by atoms with E-state index in [0.29, 0.717) is 18.1 Å². The Morgan fingerprint density at radius 1 is 1.47 bits per heavy atom. The van der Waals surface area contributed by atoms with E-state index in [4.69, 9.17) is 4.74 Å². The molecule has 2 atom stereocenters. The minimum atomic E-state index is 0.00916. The van der Waals surface area contributed by atoms with E-state index < -0.39 is 0 Å². The van der Waals surface area contributed by atoms with Crippen LogP contribution in [0.15, 0.2) is 0 Å². The number of ether oxygens (including phenoxy) is 1. The number of carbonyl (C=O) groups excluding carboxylic acids is 1. The second-order valence-electron chi connectivity index (χ2n) is 5.31. The Morgan fingerprint density at radius 2 is 2.24 bits per heavy atom. The van der Waals surface area contributed by atoms with E-state index in [0.717, 1.165) is 32.4 Å². The minimum Gasteiger partial charge on any atom is -0.378 e. The highest BCUT2D eigenvalue weighted by molar-refractivity contribution is 5.82. The maximum Gasteiger partial charge on any atom is 0.237 e. The molecular weight excluding hydrogens is 216 g/mol. The largest absolute Gasteiger partial charge is 0.378 e. The van der Waals surface area contributed by atoms with E-state index in [9.17, 15) is 4.79 Å². The molecule has 1 aliphatic carbocycles. The topological polar surface area (TPSA) is 50.4 Å². The molecule has 1 aliphatic heterocycles. The van der Waals surface area contributed by atoms with Gasteiger partial charge in [-0.2, -0.15) is 0 Å². The summed E-state index contributed by atoms with van der Waals surface area (Å²) in [5.41, 5.74) is 0. The average molecular weight is 240 g/mol. The van der Waals surface area contributed by atoms with Crippen molar-refractivity contribution in [3.8, 4) is 0 Å². The summed E-state index contributed by atoms with van der Waals surface area (Å²) in [6.45, 7) is 5.90. The van der Waals surface area contributed by atoms with Crippen molar-refractivity contribution < 1.29 is 9.53 Å². The maximum absolute atomic E-state index is 12.1. The number of carbonyl (C=O) groups is 1. The third kappa shape index (κ3) is 3.19. The van der Waals surface area contributed by atoms with E-state index >= 15 is 0 Å². The zero-order chi connectivity index (χ0) is 12.3. The van der Waals surface area contributed by atoms with Crippen LogP contribution in [-0.2, 0) is 9.53 Å². The second kappa shape index (κ2) is 5.83. The highest BCUT2D eigenvalue weighted by Gasteiger charge is 2.34. The number of hydrogen-bond acceptors (Lipinski definition) is 3. The molecule has 0 bridgehead atoms. The van der Waals surface area contributed by atoms with Crippen molar-refractivity contribution in [2.24, 2.45) is 5.92 Å². The number of nitrogens with one attached hydrogen (secondary N) is 2. The molecule has 0 radical (unpaired) electrons. The first kappa shape index (κ1) is 12.8. The van der Waals surface area contributed by atoms with Crippen molar-refractivity contribution in [2.45, 2.75) is 57.7 Å². The van der Waals surface area contributed by atoms with Crippen molar-refractivity contribution in [1.29, 1.82) is 0 Å². The van der Waals surface area contributed by atoms with Gasteiger partial charge in [-0.25, -0.2) is 0 Å². The van der Waals surface area contributed by atoms with Crippen LogP contribution >= 0.6 is 0 Å². The molecule has 1 amide bonds. The van der Waals surface area contributed by atoms with Crippen LogP contribution in [0.25, 0.3) is 0 Å². The van der Waals surface area contributed by atoms with Gasteiger partial charge in [0.25, 0.3) is 0 Å². The quantitative estimate of drug-likeness (QED) is 0.772. The summed E-state index contributed by atoms with van der Waals surface area (Å²) >= 11 is 0. The average Bonchev–Trinajstić information content (AvgIpc) is 2.26. The third-order valence-corrected chi connectivity index (χ3v) is 3.90. The first-order valence-corrected chi connectivity index (χ1v) is 6.86. The van der Waals surface area contributed by atoms with E-state index in [1.54, 1.807) is 0 Å². The lowest BCUT2D eigenvalue weighted by atomic mass is 9.87. The van der Waals surface area contributed by atoms with Crippen LogP contribution in [0.4, 0.5) is 0 Å². The Bertz CT molecular complexity index is 264. The molecule has 17 heavy (non-hydrogen) atoms. The normalized spacial score (nSPS) is 37.3. The smallest absolute Gasteiger partial charge is 0.237 e. The van der Waals surface area contributed by atoms with Crippen molar-refractivity contribution in [2.75, 3.05) is 13.2 Å². The van der Waals surface area contributed by atoms with Gasteiger partial charge in [-0.05, 0) is 45.1 Å². The highest BCUT2D eigenvalue weighted by Crippen LogP contribution is 2.24. The molecule has 2 aliphatic rings. The zero-order valence-corrected chi connectivity index (χ0v) is 10.9. The summed E-state index contributed by atoms with van der Waals surface area (Å²) in [6.07, 6.45) is 4.64. The molecule has 2 fully saturated rings. The first-order valence-electron chi connectivity index (χ1n) is 6.86. The van der Waals surface area contributed by atoms with Gasteiger partial charge in [0.1, 0.15) is 0 Å². The third-order valence-electron chi connectivity index (χ3n) is 3.90. The van der Waals surface area contributed by atoms with Gasteiger partial charge in [0.15, 0.2) is 0 Å². The molecule has 2 unspecified atom stereocenters. The SMILES string of the molecule is CCOC1CC(NC(=O)C2NCCCC2C)C1. The molecule has 1 heterocycles. The first-order chi connectivity index (χ1) is 8.20. The Hall–Kier alpha value is -0.610. The maximum atomic E-state index is 12.1. The lowest BCUT2D eigenvalue weighted by molar-refractivity contribution is -0.127. The fourth-order valence-corrected chi connectivity index (χ4v) is 2.75. The summed E-state index contributed by atoms with van der Waals surface area (Å²) in [7, 11) is 0. The van der Waals surface area contributed by atoms with Crippen LogP contribution in [0.3, 0.4) is 0 Å². The predicted octanol–water partition coefficient (Wildman–Crippen LogP) is 1.06. The lowest BCUT2D eigenvalue weighted by Crippen LogP contribution is -2.56. The fourth-order valence-electron chi connectivity index (χ4n) is 2.75. The van der Waals surface area contributed by atoms with Gasteiger partial charge in [0, 0.05) is 12.6 Å². The molecule has 2 N–H and O–H groups in total. The second-order valence-corrected chi connectivity index (χ2v) is 5.31. The van der Waals surface area contributed by atoms with Crippen molar-refractivity contribution >= 4 is 5.91 Å². The number of amides is 1. The van der Waals surface area contributed by atoms with Gasteiger partial charge in [-0.3, -0.25) is 4.79 Å². The highest BCUT2D eigenvalue weighted by atomic mass is 16.5. The van der Waals surface area contributed by atoms with Crippen molar-refractivity contribution in [3.05, 3.63) is 0 Å². The Kier molecular flexibility index (Phi) is 4.40. The van der Waals surface area contributed by atoms with Crippen LogP contribution in [0, 0.1) is 5.92 Å². The van der Waals surface area contributed by atoms with Gasteiger partial charge in [-0.15, -0.1) is 0 Å². The van der Waals surface area contributed by atoms with Gasteiger partial charge < -0.3 is 15.4 Å². The van der Waals surface area contributed by atoms with Crippen LogP contribution in [-0.4, -0.2) is 37.2 Å². The van der Waals surface area contributed by atoms with Crippen LogP contribution < -0.4 is 10.6 Å². The van der Waals surface area contributed by atoms with E-state index in [2.05, 4.69) is 17.6 Å². The summed E-state index contributed by atoms with van der Waals surface area (Å²) in [5, 5.41) is 6.44. The standard InChI is InChI=1S/C13H24N2O2/c1-3-17-11-7-10(8-11)15-13(16)12-9(2)5-4-6-14-12/h9-12,14H,3-8H2,1-2H3,(H,15,16). The minimum absolute atomic E-state index is 0.00916. The molecule has 98 valence electrons.